The minimum absolute atomic E-state index is 0.0739. The van der Waals surface area contributed by atoms with Gasteiger partial charge in [0.1, 0.15) is 5.82 Å². The molecule has 0 amide bonds. The van der Waals surface area contributed by atoms with Crippen molar-refractivity contribution in [2.75, 3.05) is 38.1 Å². The molecular weight excluding hydrogens is 304 g/mol. The standard InChI is InChI=1S/C18H24N4O2/c1-14-5-2-3-6-16(14)17(23)13-22-9-10-24-15(12-22)11-19-18-7-4-8-20-21-18/h2-8,15,17,23H,9-13H2,1H3,(H,19,21)/t15-,17-/m1/s1. The molecule has 0 saturated carbocycles. The summed E-state index contributed by atoms with van der Waals surface area (Å²) in [5, 5.41) is 21.6. The van der Waals surface area contributed by atoms with Crippen LogP contribution in [0.2, 0.25) is 0 Å². The number of ether oxygens (including phenoxy) is 1. The Morgan fingerprint density at radius 1 is 1.33 bits per heavy atom. The van der Waals surface area contributed by atoms with Crippen LogP contribution >= 0.6 is 0 Å². The number of aryl methyl sites for hydroxylation is 1. The molecule has 6 nitrogen and oxygen atoms in total. The van der Waals surface area contributed by atoms with E-state index in [1.54, 1.807) is 6.20 Å². The maximum atomic E-state index is 10.5. The van der Waals surface area contributed by atoms with Crippen LogP contribution in [0.25, 0.3) is 0 Å². The summed E-state index contributed by atoms with van der Waals surface area (Å²) in [6.07, 6.45) is 1.25. The van der Waals surface area contributed by atoms with Gasteiger partial charge in [0.25, 0.3) is 0 Å². The number of β-amino-alcohol motifs (C(OH)–C–C–N with tert-alkyl or cyclic N) is 1. The van der Waals surface area contributed by atoms with Gasteiger partial charge in [0, 0.05) is 32.4 Å². The smallest absolute Gasteiger partial charge is 0.148 e. The van der Waals surface area contributed by atoms with Crippen LogP contribution in [0.3, 0.4) is 0 Å². The van der Waals surface area contributed by atoms with Gasteiger partial charge in [-0.1, -0.05) is 24.3 Å². The summed E-state index contributed by atoms with van der Waals surface area (Å²) in [7, 11) is 0. The van der Waals surface area contributed by atoms with Crippen LogP contribution in [-0.2, 0) is 4.74 Å². The van der Waals surface area contributed by atoms with Crippen molar-refractivity contribution < 1.29 is 9.84 Å². The summed E-state index contributed by atoms with van der Waals surface area (Å²) in [5.74, 6) is 0.748. The van der Waals surface area contributed by atoms with Gasteiger partial charge in [-0.15, -0.1) is 5.10 Å². The number of aliphatic hydroxyl groups is 1. The summed E-state index contributed by atoms with van der Waals surface area (Å²) in [6.45, 7) is 5.63. The molecule has 0 unspecified atom stereocenters. The van der Waals surface area contributed by atoms with Gasteiger partial charge in [0.15, 0.2) is 0 Å². The number of benzene rings is 1. The molecular formula is C18H24N4O2. The third-order valence-electron chi connectivity index (χ3n) is 4.28. The van der Waals surface area contributed by atoms with Gasteiger partial charge in [-0.25, -0.2) is 0 Å². The van der Waals surface area contributed by atoms with Crippen LogP contribution in [-0.4, -0.2) is 59.1 Å². The fraction of sp³-hybridized carbons (Fsp3) is 0.444. The maximum Gasteiger partial charge on any atom is 0.148 e. The molecule has 1 fully saturated rings. The van der Waals surface area contributed by atoms with E-state index in [-0.39, 0.29) is 6.10 Å². The van der Waals surface area contributed by atoms with Crippen molar-refractivity contribution in [1.29, 1.82) is 0 Å². The van der Waals surface area contributed by atoms with E-state index in [1.165, 1.54) is 0 Å². The predicted molar refractivity (Wildman–Crippen MR) is 92.8 cm³/mol. The van der Waals surface area contributed by atoms with Gasteiger partial charge in [-0.3, -0.25) is 4.90 Å². The molecule has 128 valence electrons. The van der Waals surface area contributed by atoms with E-state index >= 15 is 0 Å². The first-order valence-corrected chi connectivity index (χ1v) is 8.31. The van der Waals surface area contributed by atoms with Crippen LogP contribution in [0, 0.1) is 6.92 Å². The summed E-state index contributed by atoms with van der Waals surface area (Å²) in [4.78, 5) is 2.25. The minimum Gasteiger partial charge on any atom is -0.387 e. The van der Waals surface area contributed by atoms with Crippen molar-refractivity contribution in [2.45, 2.75) is 19.1 Å². The first-order valence-electron chi connectivity index (χ1n) is 8.31. The minimum atomic E-state index is -0.474. The van der Waals surface area contributed by atoms with Crippen LogP contribution in [0.1, 0.15) is 17.2 Å². The molecule has 24 heavy (non-hydrogen) atoms. The van der Waals surface area contributed by atoms with Crippen molar-refractivity contribution in [3.63, 3.8) is 0 Å². The Kier molecular flexibility index (Phi) is 5.74. The number of nitrogens with zero attached hydrogens (tertiary/aromatic N) is 3. The number of morpholine rings is 1. The molecule has 1 aromatic heterocycles. The van der Waals surface area contributed by atoms with E-state index in [9.17, 15) is 5.11 Å². The van der Waals surface area contributed by atoms with E-state index in [2.05, 4.69) is 20.4 Å². The quantitative estimate of drug-likeness (QED) is 0.840. The van der Waals surface area contributed by atoms with Crippen LogP contribution in [0.4, 0.5) is 5.82 Å². The molecule has 2 aromatic rings. The Morgan fingerprint density at radius 2 is 2.21 bits per heavy atom. The van der Waals surface area contributed by atoms with Gasteiger partial charge >= 0.3 is 0 Å². The zero-order valence-electron chi connectivity index (χ0n) is 13.9. The SMILES string of the molecule is Cc1ccccc1[C@H](O)CN1CCO[C@H](CNc2cccnn2)C1. The lowest BCUT2D eigenvalue weighted by atomic mass is 10.0. The number of nitrogens with one attached hydrogen (secondary N) is 1. The molecule has 6 heteroatoms. The van der Waals surface area contributed by atoms with Gasteiger partial charge in [-0.05, 0) is 30.2 Å². The lowest BCUT2D eigenvalue weighted by Crippen LogP contribution is -2.46. The normalized spacial score (nSPS) is 19.8. The molecule has 1 saturated heterocycles. The van der Waals surface area contributed by atoms with E-state index in [0.717, 1.165) is 30.0 Å². The van der Waals surface area contributed by atoms with Crippen LogP contribution in [0.5, 0.6) is 0 Å². The monoisotopic (exact) mass is 328 g/mol. The van der Waals surface area contributed by atoms with Gasteiger partial charge < -0.3 is 15.2 Å². The zero-order valence-corrected chi connectivity index (χ0v) is 13.9. The van der Waals surface area contributed by atoms with E-state index in [0.29, 0.717) is 19.7 Å². The number of anilines is 1. The van der Waals surface area contributed by atoms with Gasteiger partial charge in [-0.2, -0.15) is 5.10 Å². The topological polar surface area (TPSA) is 70.5 Å². The first kappa shape index (κ1) is 16.8. The predicted octanol–water partition coefficient (Wildman–Crippen LogP) is 1.63. The van der Waals surface area contributed by atoms with Crippen molar-refractivity contribution >= 4 is 5.82 Å². The number of hydrogen-bond donors (Lipinski definition) is 2. The summed E-state index contributed by atoms with van der Waals surface area (Å²) in [5.41, 5.74) is 2.12. The van der Waals surface area contributed by atoms with E-state index < -0.39 is 6.10 Å². The van der Waals surface area contributed by atoms with Crippen molar-refractivity contribution in [1.82, 2.24) is 15.1 Å². The second kappa shape index (κ2) is 8.19. The zero-order chi connectivity index (χ0) is 16.8. The molecule has 2 N–H and O–H groups in total. The highest BCUT2D eigenvalue weighted by atomic mass is 16.5. The Bertz CT molecular complexity index is 638. The number of rotatable bonds is 6. The third kappa shape index (κ3) is 4.50. The Hall–Kier alpha value is -2.02. The highest BCUT2D eigenvalue weighted by Gasteiger charge is 2.23. The molecule has 0 aliphatic carbocycles. The number of hydrogen-bond acceptors (Lipinski definition) is 6. The van der Waals surface area contributed by atoms with E-state index in [1.807, 2.05) is 43.3 Å². The second-order valence-corrected chi connectivity index (χ2v) is 6.11. The third-order valence-corrected chi connectivity index (χ3v) is 4.28. The molecule has 1 aliphatic rings. The van der Waals surface area contributed by atoms with Crippen molar-refractivity contribution in [2.24, 2.45) is 0 Å². The molecule has 2 atom stereocenters. The van der Waals surface area contributed by atoms with Gasteiger partial charge in [0.2, 0.25) is 0 Å². The maximum absolute atomic E-state index is 10.5. The summed E-state index contributed by atoms with van der Waals surface area (Å²) in [6, 6.07) is 11.7. The Labute approximate surface area is 142 Å². The highest BCUT2D eigenvalue weighted by Crippen LogP contribution is 2.19. The van der Waals surface area contributed by atoms with Crippen LogP contribution in [0.15, 0.2) is 42.6 Å². The molecule has 3 rings (SSSR count). The van der Waals surface area contributed by atoms with Gasteiger partial charge in [0.05, 0.1) is 18.8 Å². The van der Waals surface area contributed by atoms with Crippen molar-refractivity contribution in [3.05, 3.63) is 53.7 Å². The Morgan fingerprint density at radius 3 is 3.00 bits per heavy atom. The number of aromatic nitrogens is 2. The summed E-state index contributed by atoms with van der Waals surface area (Å²) < 4.78 is 5.81. The lowest BCUT2D eigenvalue weighted by Gasteiger charge is -2.34. The molecule has 1 aromatic carbocycles. The van der Waals surface area contributed by atoms with E-state index in [4.69, 9.17) is 4.74 Å². The molecule has 0 spiro atoms. The first-order chi connectivity index (χ1) is 11.7. The highest BCUT2D eigenvalue weighted by molar-refractivity contribution is 5.31. The number of aliphatic hydroxyl groups excluding tert-OH is 1. The Balaban J connectivity index is 1.51. The van der Waals surface area contributed by atoms with Crippen molar-refractivity contribution in [3.8, 4) is 0 Å². The average molecular weight is 328 g/mol. The molecule has 0 radical (unpaired) electrons. The molecule has 2 heterocycles. The fourth-order valence-corrected chi connectivity index (χ4v) is 2.99. The molecule has 1 aliphatic heterocycles. The van der Waals surface area contributed by atoms with Crippen LogP contribution < -0.4 is 5.32 Å². The summed E-state index contributed by atoms with van der Waals surface area (Å²) >= 11 is 0. The fourth-order valence-electron chi connectivity index (χ4n) is 2.99. The second-order valence-electron chi connectivity index (χ2n) is 6.11. The lowest BCUT2D eigenvalue weighted by molar-refractivity contribution is -0.0344. The average Bonchev–Trinajstić information content (AvgIpc) is 2.61. The molecule has 0 bridgehead atoms. The largest absolute Gasteiger partial charge is 0.387 e.